The van der Waals surface area contributed by atoms with E-state index in [1.807, 2.05) is 55.5 Å². The van der Waals surface area contributed by atoms with Crippen molar-refractivity contribution in [3.63, 3.8) is 0 Å². The Morgan fingerprint density at radius 1 is 1.15 bits per heavy atom. The standard InChI is InChI=1S/C19H18BrN3O2S/c1-12-17(18(24)21-11-13-3-9-16(25-2)10-4-13)26-19(22-12)23-15-7-5-14(20)6-8-15/h3-10H,11H2,1-2H3,(H,21,24)(H,22,23). The highest BCUT2D eigenvalue weighted by Crippen LogP contribution is 2.26. The number of thiazole rings is 1. The molecule has 0 spiro atoms. The maximum Gasteiger partial charge on any atom is 0.263 e. The first kappa shape index (κ1) is 18.4. The van der Waals surface area contributed by atoms with E-state index in [1.165, 1.54) is 11.3 Å². The van der Waals surface area contributed by atoms with Gasteiger partial charge in [0.2, 0.25) is 0 Å². The average Bonchev–Trinajstić information content (AvgIpc) is 3.02. The smallest absolute Gasteiger partial charge is 0.263 e. The third-order valence-corrected chi connectivity index (χ3v) is 5.31. The summed E-state index contributed by atoms with van der Waals surface area (Å²) in [7, 11) is 1.63. The summed E-state index contributed by atoms with van der Waals surface area (Å²) >= 11 is 4.75. The number of methoxy groups -OCH3 is 1. The Morgan fingerprint density at radius 2 is 1.85 bits per heavy atom. The number of nitrogens with one attached hydrogen (secondary N) is 2. The van der Waals surface area contributed by atoms with Crippen molar-refractivity contribution in [2.45, 2.75) is 13.5 Å². The van der Waals surface area contributed by atoms with Gasteiger partial charge in [0, 0.05) is 16.7 Å². The van der Waals surface area contributed by atoms with Crippen molar-refractivity contribution in [3.05, 3.63) is 69.1 Å². The number of hydrogen-bond acceptors (Lipinski definition) is 5. The number of rotatable bonds is 6. The van der Waals surface area contributed by atoms with E-state index in [9.17, 15) is 4.79 Å². The SMILES string of the molecule is COc1ccc(CNC(=O)c2sc(Nc3ccc(Br)cc3)nc2C)cc1. The van der Waals surface area contributed by atoms with Crippen LogP contribution in [0.4, 0.5) is 10.8 Å². The number of carbonyl (C=O) groups is 1. The number of ether oxygens (including phenoxy) is 1. The minimum atomic E-state index is -0.125. The molecule has 0 saturated carbocycles. The van der Waals surface area contributed by atoms with Gasteiger partial charge in [0.05, 0.1) is 12.8 Å². The summed E-state index contributed by atoms with van der Waals surface area (Å²) < 4.78 is 6.15. The highest BCUT2D eigenvalue weighted by atomic mass is 79.9. The molecule has 0 aliphatic rings. The second-order valence-electron chi connectivity index (χ2n) is 5.60. The molecular formula is C19H18BrN3O2S. The summed E-state index contributed by atoms with van der Waals surface area (Å²) in [5.41, 5.74) is 2.64. The minimum Gasteiger partial charge on any atom is -0.497 e. The fourth-order valence-corrected chi connectivity index (χ4v) is 3.49. The highest BCUT2D eigenvalue weighted by molar-refractivity contribution is 9.10. The van der Waals surface area contributed by atoms with Gasteiger partial charge in [0.25, 0.3) is 5.91 Å². The average molecular weight is 432 g/mol. The number of carbonyl (C=O) groups excluding carboxylic acids is 1. The van der Waals surface area contributed by atoms with Gasteiger partial charge in [0.15, 0.2) is 5.13 Å². The van der Waals surface area contributed by atoms with Gasteiger partial charge in [0.1, 0.15) is 10.6 Å². The van der Waals surface area contributed by atoms with Crippen molar-refractivity contribution in [3.8, 4) is 5.75 Å². The van der Waals surface area contributed by atoms with Crippen LogP contribution in [0.25, 0.3) is 0 Å². The number of benzene rings is 2. The zero-order valence-corrected chi connectivity index (χ0v) is 16.8. The summed E-state index contributed by atoms with van der Waals surface area (Å²) in [5, 5.41) is 6.86. The highest BCUT2D eigenvalue weighted by Gasteiger charge is 2.15. The van der Waals surface area contributed by atoms with E-state index in [0.717, 1.165) is 21.5 Å². The van der Waals surface area contributed by atoms with E-state index in [1.54, 1.807) is 7.11 Å². The monoisotopic (exact) mass is 431 g/mol. The van der Waals surface area contributed by atoms with Crippen molar-refractivity contribution in [1.29, 1.82) is 0 Å². The topological polar surface area (TPSA) is 63.2 Å². The molecule has 0 fully saturated rings. The van der Waals surface area contributed by atoms with Crippen LogP contribution < -0.4 is 15.4 Å². The molecule has 1 aromatic heterocycles. The summed E-state index contributed by atoms with van der Waals surface area (Å²) in [6.45, 7) is 2.29. The predicted octanol–water partition coefficient (Wildman–Crippen LogP) is 4.90. The Labute approximate surface area is 164 Å². The molecule has 1 heterocycles. The van der Waals surface area contributed by atoms with Crippen LogP contribution in [0.5, 0.6) is 5.75 Å². The second kappa shape index (κ2) is 8.33. The van der Waals surface area contributed by atoms with Gasteiger partial charge in [-0.05, 0) is 48.9 Å². The maximum absolute atomic E-state index is 12.5. The number of amides is 1. The number of aryl methyl sites for hydroxylation is 1. The Hall–Kier alpha value is -2.38. The van der Waals surface area contributed by atoms with Crippen molar-refractivity contribution in [1.82, 2.24) is 10.3 Å². The van der Waals surface area contributed by atoms with Gasteiger partial charge >= 0.3 is 0 Å². The Kier molecular flexibility index (Phi) is 5.90. The van der Waals surface area contributed by atoms with Gasteiger partial charge in [-0.2, -0.15) is 0 Å². The van der Waals surface area contributed by atoms with Crippen LogP contribution >= 0.6 is 27.3 Å². The molecule has 26 heavy (non-hydrogen) atoms. The lowest BCUT2D eigenvalue weighted by Gasteiger charge is -2.05. The van der Waals surface area contributed by atoms with Gasteiger partial charge in [-0.1, -0.05) is 39.4 Å². The molecule has 0 aliphatic carbocycles. The molecule has 1 amide bonds. The van der Waals surface area contributed by atoms with E-state index in [0.29, 0.717) is 22.2 Å². The predicted molar refractivity (Wildman–Crippen MR) is 108 cm³/mol. The normalized spacial score (nSPS) is 10.4. The second-order valence-corrected chi connectivity index (χ2v) is 7.51. The molecule has 3 aromatic rings. The van der Waals surface area contributed by atoms with Crippen LogP contribution in [0.3, 0.4) is 0 Å². The zero-order valence-electron chi connectivity index (χ0n) is 14.4. The molecule has 0 saturated heterocycles. The summed E-state index contributed by atoms with van der Waals surface area (Å²) in [6.07, 6.45) is 0. The first-order valence-electron chi connectivity index (χ1n) is 7.96. The first-order valence-corrected chi connectivity index (χ1v) is 9.57. The molecule has 7 heteroatoms. The largest absolute Gasteiger partial charge is 0.497 e. The molecule has 0 unspecified atom stereocenters. The third kappa shape index (κ3) is 4.62. The Bertz CT molecular complexity index is 892. The fourth-order valence-electron chi connectivity index (χ4n) is 2.32. The van der Waals surface area contributed by atoms with Crippen molar-refractivity contribution < 1.29 is 9.53 Å². The number of halogens is 1. The minimum absolute atomic E-state index is 0.125. The van der Waals surface area contributed by atoms with Crippen LogP contribution in [0, 0.1) is 6.92 Å². The van der Waals surface area contributed by atoms with E-state index in [4.69, 9.17) is 4.74 Å². The lowest BCUT2D eigenvalue weighted by Crippen LogP contribution is -2.22. The number of nitrogens with zero attached hydrogens (tertiary/aromatic N) is 1. The van der Waals surface area contributed by atoms with Crippen LogP contribution in [0.1, 0.15) is 20.9 Å². The van der Waals surface area contributed by atoms with Gasteiger partial charge in [-0.3, -0.25) is 4.79 Å². The van der Waals surface area contributed by atoms with Gasteiger partial charge in [-0.15, -0.1) is 0 Å². The lowest BCUT2D eigenvalue weighted by atomic mass is 10.2. The van der Waals surface area contributed by atoms with Crippen molar-refractivity contribution in [2.75, 3.05) is 12.4 Å². The van der Waals surface area contributed by atoms with E-state index in [2.05, 4.69) is 31.5 Å². The van der Waals surface area contributed by atoms with Gasteiger partial charge < -0.3 is 15.4 Å². The van der Waals surface area contributed by atoms with Crippen LogP contribution in [-0.2, 0) is 6.54 Å². The molecule has 0 bridgehead atoms. The molecule has 134 valence electrons. The van der Waals surface area contributed by atoms with Crippen LogP contribution in [-0.4, -0.2) is 18.0 Å². The van der Waals surface area contributed by atoms with E-state index < -0.39 is 0 Å². The van der Waals surface area contributed by atoms with E-state index >= 15 is 0 Å². The quantitative estimate of drug-likeness (QED) is 0.582. The summed E-state index contributed by atoms with van der Waals surface area (Å²) in [6, 6.07) is 15.4. The number of hydrogen-bond donors (Lipinski definition) is 2. The van der Waals surface area contributed by atoms with Crippen LogP contribution in [0.2, 0.25) is 0 Å². The molecule has 0 atom stereocenters. The maximum atomic E-state index is 12.5. The molecule has 2 aromatic carbocycles. The lowest BCUT2D eigenvalue weighted by molar-refractivity contribution is 0.0954. The first-order chi connectivity index (χ1) is 12.5. The number of anilines is 2. The number of aromatic nitrogens is 1. The molecule has 0 radical (unpaired) electrons. The van der Waals surface area contributed by atoms with Crippen molar-refractivity contribution >= 4 is 44.0 Å². The summed E-state index contributed by atoms with van der Waals surface area (Å²) in [5.74, 6) is 0.668. The molecule has 2 N–H and O–H groups in total. The molecular weight excluding hydrogens is 414 g/mol. The Morgan fingerprint density at radius 3 is 2.50 bits per heavy atom. The molecule has 3 rings (SSSR count). The molecule has 5 nitrogen and oxygen atoms in total. The van der Waals surface area contributed by atoms with Crippen LogP contribution in [0.15, 0.2) is 53.0 Å². The van der Waals surface area contributed by atoms with E-state index in [-0.39, 0.29) is 5.91 Å². The summed E-state index contributed by atoms with van der Waals surface area (Å²) in [4.78, 5) is 17.5. The van der Waals surface area contributed by atoms with Crippen molar-refractivity contribution in [2.24, 2.45) is 0 Å². The zero-order chi connectivity index (χ0) is 18.5. The fraction of sp³-hybridized carbons (Fsp3) is 0.158. The third-order valence-electron chi connectivity index (χ3n) is 3.71. The van der Waals surface area contributed by atoms with Gasteiger partial charge in [-0.25, -0.2) is 4.98 Å². The molecule has 0 aliphatic heterocycles. The Balaban J connectivity index is 1.63.